The molecule has 3 aliphatic rings. The molecule has 2 aromatic heterocycles. The van der Waals surface area contributed by atoms with Crippen molar-refractivity contribution in [3.8, 4) is 0 Å². The zero-order valence-electron chi connectivity index (χ0n) is 14.4. The van der Waals surface area contributed by atoms with E-state index in [1.54, 1.807) is 0 Å². The largest absolute Gasteiger partial charge is 0.481 e. The van der Waals surface area contributed by atoms with Crippen LogP contribution >= 0.6 is 11.3 Å². The minimum absolute atomic E-state index is 0.278. The molecule has 0 bridgehead atoms. The van der Waals surface area contributed by atoms with E-state index in [0.717, 1.165) is 48.0 Å². The molecule has 7 nitrogen and oxygen atoms in total. The van der Waals surface area contributed by atoms with Crippen LogP contribution in [-0.2, 0) is 4.79 Å². The third-order valence-corrected chi connectivity index (χ3v) is 7.10. The van der Waals surface area contributed by atoms with E-state index in [2.05, 4.69) is 21.6 Å². The van der Waals surface area contributed by atoms with Crippen molar-refractivity contribution in [2.24, 2.45) is 17.8 Å². The molecule has 2 aromatic rings. The maximum Gasteiger partial charge on any atom is 0.303 e. The Morgan fingerprint density at radius 2 is 2.19 bits per heavy atom. The number of piperidine rings is 1. The third kappa shape index (κ3) is 2.27. The van der Waals surface area contributed by atoms with Gasteiger partial charge in [-0.1, -0.05) is 0 Å². The molecule has 0 amide bonds. The van der Waals surface area contributed by atoms with Crippen LogP contribution in [0.2, 0.25) is 0 Å². The van der Waals surface area contributed by atoms with E-state index in [1.165, 1.54) is 11.3 Å². The maximum absolute atomic E-state index is 11.0. The Hall–Kier alpha value is -2.40. The Bertz CT molecular complexity index is 939. The number of carbonyl (C=O) groups is 1. The molecule has 2 aliphatic heterocycles. The van der Waals surface area contributed by atoms with Crippen molar-refractivity contribution < 1.29 is 9.90 Å². The molecule has 8 heteroatoms. The minimum Gasteiger partial charge on any atom is -0.481 e. The van der Waals surface area contributed by atoms with Crippen LogP contribution in [0, 0.1) is 24.3 Å². The maximum atomic E-state index is 11.0. The molecular weight excluding hydrogens is 350 g/mol. The number of hydrogen-bond donors (Lipinski definition) is 1. The second-order valence-corrected chi connectivity index (χ2v) is 8.46. The molecule has 3 fully saturated rings. The average Bonchev–Trinajstić information content (AvgIpc) is 2.99. The summed E-state index contributed by atoms with van der Waals surface area (Å²) in [6.07, 6.45) is 1.42. The smallest absolute Gasteiger partial charge is 0.303 e. The first-order valence-electron chi connectivity index (χ1n) is 8.97. The monoisotopic (exact) mass is 369 g/mol. The van der Waals surface area contributed by atoms with E-state index < -0.39 is 5.97 Å². The number of rotatable bonds is 4. The summed E-state index contributed by atoms with van der Waals surface area (Å²) in [6.45, 7) is 12.3. The lowest BCUT2D eigenvalue weighted by Crippen LogP contribution is -2.46. The SMILES string of the molecule is [C-]#[N+]c1csc2c(N3C[C@@H]4C(CC(=O)O)[C@@H]4C3)nc(N3CC[C@@H]3C)nc12. The lowest BCUT2D eigenvalue weighted by Gasteiger charge is -2.39. The second-order valence-electron chi connectivity index (χ2n) is 7.58. The van der Waals surface area contributed by atoms with E-state index in [9.17, 15) is 4.79 Å². The van der Waals surface area contributed by atoms with Gasteiger partial charge in [-0.05, 0) is 36.5 Å². The van der Waals surface area contributed by atoms with E-state index in [4.69, 9.17) is 21.6 Å². The van der Waals surface area contributed by atoms with E-state index >= 15 is 0 Å². The highest BCUT2D eigenvalue weighted by atomic mass is 32.1. The number of carboxylic acid groups (broad SMARTS) is 1. The third-order valence-electron chi connectivity index (χ3n) is 6.15. The Kier molecular flexibility index (Phi) is 3.38. The van der Waals surface area contributed by atoms with E-state index in [1.807, 2.05) is 5.38 Å². The van der Waals surface area contributed by atoms with Gasteiger partial charge in [-0.3, -0.25) is 4.79 Å². The summed E-state index contributed by atoms with van der Waals surface area (Å²) in [7, 11) is 0. The van der Waals surface area contributed by atoms with Gasteiger partial charge in [-0.25, -0.2) is 9.83 Å². The van der Waals surface area contributed by atoms with Gasteiger partial charge in [0.25, 0.3) is 0 Å². The van der Waals surface area contributed by atoms with Crippen molar-refractivity contribution in [3.05, 3.63) is 16.8 Å². The normalized spacial score (nSPS) is 29.4. The van der Waals surface area contributed by atoms with Crippen molar-refractivity contribution in [2.45, 2.75) is 25.8 Å². The van der Waals surface area contributed by atoms with Gasteiger partial charge in [0.05, 0.1) is 16.8 Å². The number of nitrogens with zero attached hydrogens (tertiary/aromatic N) is 5. The van der Waals surface area contributed by atoms with Gasteiger partial charge in [0, 0.05) is 32.1 Å². The predicted molar refractivity (Wildman–Crippen MR) is 100 cm³/mol. The molecule has 5 rings (SSSR count). The van der Waals surface area contributed by atoms with Crippen molar-refractivity contribution >= 4 is 45.0 Å². The fourth-order valence-corrected chi connectivity index (χ4v) is 5.38. The summed E-state index contributed by atoms with van der Waals surface area (Å²) in [5, 5.41) is 10.9. The number of fused-ring (bicyclic) bond motifs is 2. The van der Waals surface area contributed by atoms with Crippen LogP contribution in [0.3, 0.4) is 0 Å². The molecule has 1 unspecified atom stereocenters. The van der Waals surface area contributed by atoms with Crippen LogP contribution in [0.5, 0.6) is 0 Å². The summed E-state index contributed by atoms with van der Waals surface area (Å²) >= 11 is 1.53. The number of carboxylic acids is 1. The fourth-order valence-electron chi connectivity index (χ4n) is 4.44. The summed E-state index contributed by atoms with van der Waals surface area (Å²) in [4.78, 5) is 28.6. The van der Waals surface area contributed by atoms with Crippen molar-refractivity contribution in [2.75, 3.05) is 29.4 Å². The first-order chi connectivity index (χ1) is 12.6. The standard InChI is InChI=1S/C18H19N5O2S/c1-9-3-4-23(9)18-20-15-13(19-2)8-26-16(15)17(21-18)22-6-11-10(5-14(24)25)12(11)7-22/h8-12H,3-7H2,1H3,(H,24,25)/t9-,10?,11-,12+/m0/s1. The molecule has 0 radical (unpaired) electrons. The first-order valence-corrected chi connectivity index (χ1v) is 9.85. The number of aromatic nitrogens is 2. The molecule has 2 saturated heterocycles. The number of anilines is 2. The Morgan fingerprint density at radius 3 is 2.77 bits per heavy atom. The van der Waals surface area contributed by atoms with Crippen LogP contribution < -0.4 is 9.80 Å². The Balaban J connectivity index is 1.49. The summed E-state index contributed by atoms with van der Waals surface area (Å²) in [5.41, 5.74) is 1.35. The van der Waals surface area contributed by atoms with Gasteiger partial charge in [-0.2, -0.15) is 16.3 Å². The van der Waals surface area contributed by atoms with Gasteiger partial charge >= 0.3 is 5.97 Å². The quantitative estimate of drug-likeness (QED) is 0.835. The number of thiophene rings is 1. The highest BCUT2D eigenvalue weighted by Gasteiger charge is 2.56. The van der Waals surface area contributed by atoms with Gasteiger partial charge in [-0.15, -0.1) is 0 Å². The molecule has 4 atom stereocenters. The fraction of sp³-hybridized carbons (Fsp3) is 0.556. The predicted octanol–water partition coefficient (Wildman–Crippen LogP) is 3.00. The first kappa shape index (κ1) is 15.8. The topological polar surface area (TPSA) is 73.9 Å². The van der Waals surface area contributed by atoms with Crippen LogP contribution in [0.4, 0.5) is 17.5 Å². The molecule has 1 N–H and O–H groups in total. The van der Waals surface area contributed by atoms with Gasteiger partial charge in [0.2, 0.25) is 11.6 Å². The molecule has 26 heavy (non-hydrogen) atoms. The highest BCUT2D eigenvalue weighted by molar-refractivity contribution is 7.18. The summed E-state index contributed by atoms with van der Waals surface area (Å²) in [5.74, 6) is 2.18. The van der Waals surface area contributed by atoms with Gasteiger partial charge in [0.1, 0.15) is 0 Å². The molecule has 1 saturated carbocycles. The number of hydrogen-bond acceptors (Lipinski definition) is 6. The minimum atomic E-state index is -0.700. The lowest BCUT2D eigenvalue weighted by atomic mass is 10.1. The molecule has 1 aliphatic carbocycles. The average molecular weight is 369 g/mol. The highest BCUT2D eigenvalue weighted by Crippen LogP contribution is 2.55. The molecular formula is C18H19N5O2S. The van der Waals surface area contributed by atoms with Gasteiger partial charge < -0.3 is 14.9 Å². The summed E-state index contributed by atoms with van der Waals surface area (Å²) in [6, 6.07) is 0.433. The number of aliphatic carboxylic acids is 1. The lowest BCUT2D eigenvalue weighted by molar-refractivity contribution is -0.137. The Morgan fingerprint density at radius 1 is 1.42 bits per heavy atom. The van der Waals surface area contributed by atoms with Crippen molar-refractivity contribution in [1.29, 1.82) is 0 Å². The second kappa shape index (κ2) is 5.55. The van der Waals surface area contributed by atoms with E-state index in [-0.39, 0.29) is 6.42 Å². The van der Waals surface area contributed by atoms with E-state index in [0.29, 0.717) is 29.5 Å². The van der Waals surface area contributed by atoms with Crippen LogP contribution in [0.1, 0.15) is 19.8 Å². The summed E-state index contributed by atoms with van der Waals surface area (Å²) < 4.78 is 0.976. The zero-order chi connectivity index (χ0) is 18.0. The van der Waals surface area contributed by atoms with Gasteiger partial charge in [0.15, 0.2) is 5.82 Å². The molecule has 0 aromatic carbocycles. The Labute approximate surface area is 155 Å². The van der Waals surface area contributed by atoms with Crippen LogP contribution in [0.15, 0.2) is 5.38 Å². The molecule has 134 valence electrons. The van der Waals surface area contributed by atoms with Crippen LogP contribution in [0.25, 0.3) is 15.1 Å². The molecule has 4 heterocycles. The van der Waals surface area contributed by atoms with Crippen molar-refractivity contribution in [1.82, 2.24) is 9.97 Å². The molecule has 0 spiro atoms. The van der Waals surface area contributed by atoms with Crippen molar-refractivity contribution in [3.63, 3.8) is 0 Å². The zero-order valence-corrected chi connectivity index (χ0v) is 15.2. The van der Waals surface area contributed by atoms with Crippen LogP contribution in [-0.4, -0.2) is 46.7 Å².